The van der Waals surface area contributed by atoms with Gasteiger partial charge in [-0.05, 0) is 31.2 Å². The van der Waals surface area contributed by atoms with Crippen molar-refractivity contribution in [3.8, 4) is 0 Å². The number of carboxylic acid groups (broad SMARTS) is 2. The molecule has 0 aliphatic rings. The third-order valence-corrected chi connectivity index (χ3v) is 7.73. The molecule has 0 unspecified atom stereocenters. The summed E-state index contributed by atoms with van der Waals surface area (Å²) in [6.07, 6.45) is 33.2. The molecule has 1 aromatic rings. The fourth-order valence-electron chi connectivity index (χ4n) is 4.65. The normalized spacial score (nSPS) is 9.87. The molecule has 0 N–H and O–H groups in total. The van der Waals surface area contributed by atoms with E-state index in [-0.39, 0.29) is 30.3 Å². The second-order valence-electron chi connectivity index (χ2n) is 12.2. The molecule has 0 saturated carbocycles. The maximum atomic E-state index is 10.7. The summed E-state index contributed by atoms with van der Waals surface area (Å²) in [5.41, 5.74) is 1.21. The van der Waals surface area contributed by atoms with E-state index in [1.165, 1.54) is 122 Å². The van der Waals surface area contributed by atoms with Crippen LogP contribution in [0.3, 0.4) is 0 Å². The summed E-state index contributed by atoms with van der Waals surface area (Å²) in [5, 5.41) is 20.9. The molecule has 5 heteroatoms. The minimum atomic E-state index is -1.08. The summed E-state index contributed by atoms with van der Waals surface area (Å²) in [4.78, 5) is 20.9. The molecule has 0 spiro atoms. The first-order valence-electron chi connectivity index (χ1n) is 18.9. The van der Waals surface area contributed by atoms with Gasteiger partial charge in [0.25, 0.3) is 0 Å². The van der Waals surface area contributed by atoms with Gasteiger partial charge in [0.05, 0.1) is 5.97 Å². The van der Waals surface area contributed by atoms with E-state index < -0.39 is 11.9 Å². The number of aryl methyl sites for hydroxylation is 1. The largest absolute Gasteiger partial charge is 2.00 e. The van der Waals surface area contributed by atoms with E-state index in [1.807, 2.05) is 12.1 Å². The van der Waals surface area contributed by atoms with Crippen molar-refractivity contribution in [1.29, 1.82) is 0 Å². The number of rotatable bonds is 26. The number of unbranched alkanes of at least 4 members (excludes halogenated alkanes) is 21. The molecule has 4 radical (unpaired) electrons. The maximum Gasteiger partial charge on any atom is 2.00 e. The molecular formula is C41H74O4Sn. The zero-order chi connectivity index (χ0) is 34.2. The van der Waals surface area contributed by atoms with Gasteiger partial charge in [-0.1, -0.05) is 213 Å². The van der Waals surface area contributed by atoms with Gasteiger partial charge in [-0.25, -0.2) is 0 Å². The van der Waals surface area contributed by atoms with Gasteiger partial charge in [-0.15, -0.1) is 0 Å². The van der Waals surface area contributed by atoms with E-state index in [9.17, 15) is 19.8 Å². The molecule has 0 aromatic heterocycles. The Bertz CT molecular complexity index is 714. The Morgan fingerprint density at radius 2 is 0.848 bits per heavy atom. The Morgan fingerprint density at radius 3 is 1.15 bits per heavy atom. The summed E-state index contributed by atoms with van der Waals surface area (Å²) in [7, 11) is 0. The van der Waals surface area contributed by atoms with E-state index in [0.717, 1.165) is 50.5 Å². The minimum absolute atomic E-state index is 0. The predicted octanol–water partition coefficient (Wildman–Crippen LogP) is 10.8. The van der Waals surface area contributed by atoms with Gasteiger partial charge >= 0.3 is 23.9 Å². The van der Waals surface area contributed by atoms with E-state index in [1.54, 1.807) is 12.1 Å². The van der Waals surface area contributed by atoms with Gasteiger partial charge in [-0.3, -0.25) is 0 Å². The predicted molar refractivity (Wildman–Crippen MR) is 199 cm³/mol. The second-order valence-corrected chi connectivity index (χ2v) is 12.2. The van der Waals surface area contributed by atoms with Crippen LogP contribution in [-0.4, -0.2) is 35.8 Å². The fraction of sp³-hybridized carbons (Fsp3) is 0.756. The molecule has 0 bridgehead atoms. The quantitative estimate of drug-likeness (QED) is 0.0698. The topological polar surface area (TPSA) is 80.3 Å². The van der Waals surface area contributed by atoms with E-state index in [4.69, 9.17) is 0 Å². The van der Waals surface area contributed by atoms with Crippen molar-refractivity contribution < 1.29 is 19.8 Å². The maximum absolute atomic E-state index is 10.7. The van der Waals surface area contributed by atoms with Crippen molar-refractivity contribution in [1.82, 2.24) is 0 Å². The summed E-state index contributed by atoms with van der Waals surface area (Å²) in [5.74, 6) is -1.98. The van der Waals surface area contributed by atoms with Crippen molar-refractivity contribution in [2.24, 2.45) is 0 Å². The van der Waals surface area contributed by atoms with Crippen LogP contribution in [-0.2, 0) is 11.2 Å². The van der Waals surface area contributed by atoms with Crippen molar-refractivity contribution in [3.63, 3.8) is 0 Å². The minimum Gasteiger partial charge on any atom is -0.550 e. The van der Waals surface area contributed by atoms with E-state index >= 15 is 0 Å². The summed E-state index contributed by atoms with van der Waals surface area (Å²) in [6, 6.07) is 7.03. The molecule has 266 valence electrons. The molecule has 0 saturated heterocycles. The van der Waals surface area contributed by atoms with Crippen LogP contribution in [0.5, 0.6) is 0 Å². The molecular weight excluding hydrogens is 675 g/mol. The smallest absolute Gasteiger partial charge is 0.550 e. The molecule has 4 nitrogen and oxygen atoms in total. The van der Waals surface area contributed by atoms with Crippen molar-refractivity contribution in [3.05, 3.63) is 49.2 Å². The zero-order valence-electron chi connectivity index (χ0n) is 30.9. The number of hydrogen-bond acceptors (Lipinski definition) is 4. The first-order valence-corrected chi connectivity index (χ1v) is 18.9. The molecule has 0 atom stereocenters. The second kappa shape index (κ2) is 46.1. The molecule has 1 aromatic carbocycles. The first-order chi connectivity index (χ1) is 21.9. The third kappa shape index (κ3) is 45.1. The molecule has 0 aliphatic heterocycles. The van der Waals surface area contributed by atoms with Crippen LogP contribution < -0.4 is 10.2 Å². The van der Waals surface area contributed by atoms with Gasteiger partial charge in [-0.2, -0.15) is 0 Å². The SMILES string of the molecule is CCCCCCCCCCCCCCCCCCCCCC(=O)[O-].CCCCc1ccccc1C(=O)[O-].[CH2]CCC.[CH2]CCC.[Sn+2]. The van der Waals surface area contributed by atoms with Crippen LogP contribution >= 0.6 is 0 Å². The summed E-state index contributed by atoms with van der Waals surface area (Å²) in [6.45, 7) is 15.8. The Morgan fingerprint density at radius 1 is 0.522 bits per heavy atom. The average molecular weight is 750 g/mol. The van der Waals surface area contributed by atoms with Gasteiger partial charge in [0.2, 0.25) is 0 Å². The van der Waals surface area contributed by atoms with Gasteiger partial charge in [0.15, 0.2) is 0 Å². The van der Waals surface area contributed by atoms with Crippen LogP contribution in [0.1, 0.15) is 211 Å². The van der Waals surface area contributed by atoms with Crippen molar-refractivity contribution >= 4 is 35.8 Å². The Hall–Kier alpha value is -1.04. The van der Waals surface area contributed by atoms with Crippen molar-refractivity contribution in [2.75, 3.05) is 0 Å². The number of aliphatic carboxylic acids is 1. The van der Waals surface area contributed by atoms with Crippen LogP contribution in [0.2, 0.25) is 0 Å². The van der Waals surface area contributed by atoms with E-state index in [2.05, 4.69) is 41.5 Å². The molecule has 0 fully saturated rings. The van der Waals surface area contributed by atoms with Crippen LogP contribution in [0.25, 0.3) is 0 Å². The fourth-order valence-corrected chi connectivity index (χ4v) is 4.65. The number of carbonyl (C=O) groups is 2. The zero-order valence-corrected chi connectivity index (χ0v) is 33.8. The summed E-state index contributed by atoms with van der Waals surface area (Å²) < 4.78 is 0. The summed E-state index contributed by atoms with van der Waals surface area (Å²) >= 11 is 0. The van der Waals surface area contributed by atoms with Crippen molar-refractivity contribution in [2.45, 2.75) is 201 Å². The Balaban J connectivity index is -0.000000332. The first kappa shape index (κ1) is 51.8. The number of benzene rings is 1. The van der Waals surface area contributed by atoms with Crippen LogP contribution in [0, 0.1) is 13.8 Å². The molecule has 1 rings (SSSR count). The van der Waals surface area contributed by atoms with Gasteiger partial charge in [0, 0.05) is 11.5 Å². The number of carboxylic acids is 2. The number of aromatic carboxylic acids is 1. The third-order valence-electron chi connectivity index (χ3n) is 7.73. The van der Waals surface area contributed by atoms with Crippen LogP contribution in [0.4, 0.5) is 0 Å². The molecule has 0 amide bonds. The Labute approximate surface area is 304 Å². The van der Waals surface area contributed by atoms with Gasteiger partial charge in [0.1, 0.15) is 0 Å². The number of carbonyl (C=O) groups excluding carboxylic acids is 2. The molecule has 46 heavy (non-hydrogen) atoms. The average Bonchev–Trinajstić information content (AvgIpc) is 3.05. The standard InChI is InChI=1S/C22H44O2.C11H14O2.2C4H9.Sn/c1-2-3-4-5-6-7-8-9-10-11-12-13-14-15-16-17-18-19-20-21-22(23)24;1-2-3-6-9-7-4-5-8-10(9)11(12)13;2*1-3-4-2;/h2-21H2,1H3,(H,23,24);4-5,7-8H,2-3,6H2,1H3,(H,12,13);2*1,3-4H2,2H3;/q;;;;+2/p-2. The Kier molecular flexibility index (Phi) is 51.9. The number of hydrogen-bond donors (Lipinski definition) is 0. The molecule has 0 heterocycles. The monoisotopic (exact) mass is 750 g/mol. The van der Waals surface area contributed by atoms with Crippen LogP contribution in [0.15, 0.2) is 24.3 Å². The van der Waals surface area contributed by atoms with E-state index in [0.29, 0.717) is 5.56 Å². The van der Waals surface area contributed by atoms with Gasteiger partial charge < -0.3 is 19.8 Å². The molecule has 0 aliphatic carbocycles.